The van der Waals surface area contributed by atoms with Gasteiger partial charge in [-0.05, 0) is 24.6 Å². The van der Waals surface area contributed by atoms with Gasteiger partial charge in [0.1, 0.15) is 5.82 Å². The number of anilines is 1. The molecular weight excluding hydrogens is 344 g/mol. The van der Waals surface area contributed by atoms with Gasteiger partial charge in [-0.15, -0.1) is 0 Å². The second-order valence-electron chi connectivity index (χ2n) is 5.86. The highest BCUT2D eigenvalue weighted by molar-refractivity contribution is 5.88. The van der Waals surface area contributed by atoms with Crippen LogP contribution in [0.4, 0.5) is 11.5 Å². The van der Waals surface area contributed by atoms with E-state index in [2.05, 4.69) is 16.4 Å². The monoisotopic (exact) mass is 362 g/mol. The standard InChI is InChI=1S/C20H18N4O3/c1-2-27-19(14-6-4-3-5-7-14)13-22-20-10-15(12-21)17-11-16(24(25)26)8-9-18(17)23-20/h3-11,19H,2,13H2,1H3,(H,22,23). The number of nitriles is 1. The van der Waals surface area contributed by atoms with Crippen LogP contribution in [0.3, 0.4) is 0 Å². The molecule has 1 N–H and O–H groups in total. The van der Waals surface area contributed by atoms with Gasteiger partial charge in [-0.3, -0.25) is 10.1 Å². The van der Waals surface area contributed by atoms with Gasteiger partial charge < -0.3 is 10.1 Å². The van der Waals surface area contributed by atoms with Gasteiger partial charge in [0.15, 0.2) is 0 Å². The summed E-state index contributed by atoms with van der Waals surface area (Å²) in [5, 5.41) is 24.1. The Morgan fingerprint density at radius 2 is 2.04 bits per heavy atom. The molecule has 136 valence electrons. The highest BCUT2D eigenvalue weighted by atomic mass is 16.6. The fraction of sp³-hybridized carbons (Fsp3) is 0.200. The molecule has 1 atom stereocenters. The number of nitro benzene ring substituents is 1. The van der Waals surface area contributed by atoms with E-state index in [9.17, 15) is 15.4 Å². The van der Waals surface area contributed by atoms with Gasteiger partial charge in [0.2, 0.25) is 0 Å². The van der Waals surface area contributed by atoms with Gasteiger partial charge in [0.25, 0.3) is 5.69 Å². The molecule has 0 saturated heterocycles. The summed E-state index contributed by atoms with van der Waals surface area (Å²) >= 11 is 0. The number of hydrogen-bond donors (Lipinski definition) is 1. The Bertz CT molecular complexity index is 999. The van der Waals surface area contributed by atoms with E-state index in [1.165, 1.54) is 12.1 Å². The number of non-ortho nitro benzene ring substituents is 1. The van der Waals surface area contributed by atoms with Crippen molar-refractivity contribution in [3.05, 3.63) is 75.8 Å². The third-order valence-corrected chi connectivity index (χ3v) is 4.13. The fourth-order valence-corrected chi connectivity index (χ4v) is 2.85. The molecule has 1 unspecified atom stereocenters. The Morgan fingerprint density at radius 3 is 2.70 bits per heavy atom. The van der Waals surface area contributed by atoms with Gasteiger partial charge >= 0.3 is 0 Å². The van der Waals surface area contributed by atoms with Crippen molar-refractivity contribution in [2.24, 2.45) is 0 Å². The maximum absolute atomic E-state index is 11.0. The first-order valence-electron chi connectivity index (χ1n) is 8.52. The lowest BCUT2D eigenvalue weighted by Gasteiger charge is -2.18. The van der Waals surface area contributed by atoms with Crippen LogP contribution >= 0.6 is 0 Å². The predicted octanol–water partition coefficient (Wildman–Crippen LogP) is 4.20. The first kappa shape index (κ1) is 18.3. The number of rotatable bonds is 7. The van der Waals surface area contributed by atoms with Crippen LogP contribution in [0, 0.1) is 21.4 Å². The largest absolute Gasteiger partial charge is 0.372 e. The van der Waals surface area contributed by atoms with E-state index >= 15 is 0 Å². The van der Waals surface area contributed by atoms with Gasteiger partial charge in [0.05, 0.1) is 28.2 Å². The lowest BCUT2D eigenvalue weighted by atomic mass is 10.1. The predicted molar refractivity (Wildman–Crippen MR) is 102 cm³/mol. The molecule has 27 heavy (non-hydrogen) atoms. The summed E-state index contributed by atoms with van der Waals surface area (Å²) in [6.07, 6.45) is -0.156. The minimum Gasteiger partial charge on any atom is -0.372 e. The Balaban J connectivity index is 1.87. The second-order valence-corrected chi connectivity index (χ2v) is 5.86. The van der Waals surface area contributed by atoms with Crippen molar-refractivity contribution in [1.82, 2.24) is 4.98 Å². The average Bonchev–Trinajstić information content (AvgIpc) is 2.70. The first-order valence-corrected chi connectivity index (χ1v) is 8.52. The summed E-state index contributed by atoms with van der Waals surface area (Å²) in [5.74, 6) is 0.522. The van der Waals surface area contributed by atoms with Crippen LogP contribution in [-0.2, 0) is 4.74 Å². The highest BCUT2D eigenvalue weighted by Crippen LogP contribution is 2.25. The molecule has 0 saturated carbocycles. The lowest BCUT2D eigenvalue weighted by Crippen LogP contribution is -2.16. The number of aromatic nitrogens is 1. The van der Waals surface area contributed by atoms with Crippen molar-refractivity contribution >= 4 is 22.4 Å². The lowest BCUT2D eigenvalue weighted by molar-refractivity contribution is -0.384. The van der Waals surface area contributed by atoms with Gasteiger partial charge in [-0.1, -0.05) is 30.3 Å². The van der Waals surface area contributed by atoms with E-state index in [0.29, 0.717) is 35.4 Å². The molecule has 3 rings (SSSR count). The zero-order valence-corrected chi connectivity index (χ0v) is 14.8. The molecule has 0 bridgehead atoms. The molecule has 0 aliphatic heterocycles. The highest BCUT2D eigenvalue weighted by Gasteiger charge is 2.14. The summed E-state index contributed by atoms with van der Waals surface area (Å²) < 4.78 is 5.81. The Kier molecular flexibility index (Phi) is 5.59. The zero-order chi connectivity index (χ0) is 19.2. The summed E-state index contributed by atoms with van der Waals surface area (Å²) in [6.45, 7) is 2.98. The zero-order valence-electron chi connectivity index (χ0n) is 14.8. The van der Waals surface area contributed by atoms with E-state index in [1.807, 2.05) is 37.3 Å². The summed E-state index contributed by atoms with van der Waals surface area (Å²) in [6, 6.07) is 17.8. The molecule has 7 nitrogen and oxygen atoms in total. The molecule has 2 aromatic carbocycles. The van der Waals surface area contributed by atoms with E-state index < -0.39 is 4.92 Å². The first-order chi connectivity index (χ1) is 13.1. The van der Waals surface area contributed by atoms with Gasteiger partial charge in [-0.25, -0.2) is 4.98 Å². The molecule has 1 heterocycles. The van der Waals surface area contributed by atoms with Crippen LogP contribution in [0.25, 0.3) is 10.9 Å². The maximum atomic E-state index is 11.0. The number of nitrogens with one attached hydrogen (secondary N) is 1. The van der Waals surface area contributed by atoms with Crippen molar-refractivity contribution in [3.63, 3.8) is 0 Å². The minimum atomic E-state index is -0.487. The number of ether oxygens (including phenoxy) is 1. The minimum absolute atomic E-state index is 0.0676. The van der Waals surface area contributed by atoms with Gasteiger partial charge in [-0.2, -0.15) is 5.26 Å². The normalized spacial score (nSPS) is 11.7. The van der Waals surface area contributed by atoms with E-state index in [0.717, 1.165) is 5.56 Å². The molecule has 0 spiro atoms. The fourth-order valence-electron chi connectivity index (χ4n) is 2.85. The summed E-state index contributed by atoms with van der Waals surface area (Å²) in [7, 11) is 0. The maximum Gasteiger partial charge on any atom is 0.270 e. The van der Waals surface area contributed by atoms with Crippen LogP contribution in [-0.4, -0.2) is 23.1 Å². The molecule has 3 aromatic rings. The van der Waals surface area contributed by atoms with Crippen LogP contribution in [0.15, 0.2) is 54.6 Å². The van der Waals surface area contributed by atoms with E-state index in [-0.39, 0.29) is 11.8 Å². The SMILES string of the molecule is CCOC(CNc1cc(C#N)c2cc([N+](=O)[O-])ccc2n1)c1ccccc1. The molecule has 0 radical (unpaired) electrons. The number of fused-ring (bicyclic) bond motifs is 1. The van der Waals surface area contributed by atoms with Crippen molar-refractivity contribution < 1.29 is 9.66 Å². The van der Waals surface area contributed by atoms with Crippen molar-refractivity contribution in [1.29, 1.82) is 5.26 Å². The third kappa shape index (κ3) is 4.19. The van der Waals surface area contributed by atoms with Crippen LogP contribution in [0.5, 0.6) is 0 Å². The molecule has 0 aliphatic rings. The van der Waals surface area contributed by atoms with Crippen LogP contribution in [0.1, 0.15) is 24.2 Å². The number of hydrogen-bond acceptors (Lipinski definition) is 6. The quantitative estimate of drug-likeness (QED) is 0.499. The molecule has 0 amide bonds. The molecule has 0 aliphatic carbocycles. The molecule has 1 aromatic heterocycles. The van der Waals surface area contributed by atoms with Gasteiger partial charge in [0, 0.05) is 30.7 Å². The topological polar surface area (TPSA) is 101 Å². The number of nitro groups is 1. The molecule has 7 heteroatoms. The summed E-state index contributed by atoms with van der Waals surface area (Å²) in [4.78, 5) is 14.9. The molecule has 0 fully saturated rings. The van der Waals surface area contributed by atoms with Crippen molar-refractivity contribution in [2.45, 2.75) is 13.0 Å². The smallest absolute Gasteiger partial charge is 0.270 e. The third-order valence-electron chi connectivity index (χ3n) is 4.13. The Morgan fingerprint density at radius 1 is 1.26 bits per heavy atom. The number of pyridine rings is 1. The van der Waals surface area contributed by atoms with Crippen LogP contribution in [0.2, 0.25) is 0 Å². The average molecular weight is 362 g/mol. The summed E-state index contributed by atoms with van der Waals surface area (Å²) in [5.41, 5.74) is 1.83. The van der Waals surface area contributed by atoms with E-state index in [4.69, 9.17) is 4.74 Å². The van der Waals surface area contributed by atoms with Crippen molar-refractivity contribution in [3.8, 4) is 6.07 Å². The Labute approximate surface area is 156 Å². The van der Waals surface area contributed by atoms with Crippen molar-refractivity contribution in [2.75, 3.05) is 18.5 Å². The molecular formula is C20H18N4O3. The Hall–Kier alpha value is -3.50. The van der Waals surface area contributed by atoms with E-state index in [1.54, 1.807) is 12.1 Å². The second kappa shape index (κ2) is 8.25. The number of nitrogens with zero attached hydrogens (tertiary/aromatic N) is 3. The number of benzene rings is 2. The van der Waals surface area contributed by atoms with Crippen LogP contribution < -0.4 is 5.32 Å².